The number of unbranched alkanes of at least 4 members (excludes halogenated alkanes) is 2. The van der Waals surface area contributed by atoms with E-state index in [9.17, 15) is 0 Å². The smallest absolute Gasteiger partial charge is 0.0830 e. The summed E-state index contributed by atoms with van der Waals surface area (Å²) in [6.07, 6.45) is 6.50. The number of hydrogen-bond acceptors (Lipinski definition) is 4. The Hall–Kier alpha value is -0.160. The third kappa shape index (κ3) is 5.34. The molecular formula is C13H24O4. The molecule has 0 bridgehead atoms. The molecule has 2 fully saturated rings. The van der Waals surface area contributed by atoms with Gasteiger partial charge in [0.2, 0.25) is 0 Å². The third-order valence-electron chi connectivity index (χ3n) is 3.27. The van der Waals surface area contributed by atoms with Gasteiger partial charge in [0.25, 0.3) is 0 Å². The van der Waals surface area contributed by atoms with Crippen molar-refractivity contribution in [2.75, 3.05) is 39.6 Å². The van der Waals surface area contributed by atoms with Crippen LogP contribution in [0.25, 0.3) is 0 Å². The quantitative estimate of drug-likeness (QED) is 0.549. The van der Waals surface area contributed by atoms with E-state index in [1.54, 1.807) is 0 Å². The summed E-state index contributed by atoms with van der Waals surface area (Å²) in [5.41, 5.74) is 0. The van der Waals surface area contributed by atoms with Crippen LogP contribution in [0.2, 0.25) is 0 Å². The molecule has 0 aromatic heterocycles. The van der Waals surface area contributed by atoms with Crippen LogP contribution in [0.1, 0.15) is 32.1 Å². The van der Waals surface area contributed by atoms with E-state index < -0.39 is 0 Å². The lowest BCUT2D eigenvalue weighted by atomic mass is 10.2. The first-order valence-corrected chi connectivity index (χ1v) is 6.84. The fourth-order valence-electron chi connectivity index (χ4n) is 1.85. The first kappa shape index (κ1) is 13.3. The van der Waals surface area contributed by atoms with E-state index in [-0.39, 0.29) is 0 Å². The second-order valence-corrected chi connectivity index (χ2v) is 4.77. The summed E-state index contributed by atoms with van der Waals surface area (Å²) >= 11 is 0. The zero-order valence-electron chi connectivity index (χ0n) is 10.6. The van der Waals surface area contributed by atoms with Gasteiger partial charge in [0, 0.05) is 26.4 Å². The van der Waals surface area contributed by atoms with Crippen molar-refractivity contribution in [3.05, 3.63) is 0 Å². The van der Waals surface area contributed by atoms with Crippen molar-refractivity contribution in [3.8, 4) is 0 Å². The lowest BCUT2D eigenvalue weighted by Crippen LogP contribution is -2.31. The highest BCUT2D eigenvalue weighted by molar-refractivity contribution is 4.65. The molecule has 4 nitrogen and oxygen atoms in total. The molecule has 0 radical (unpaired) electrons. The van der Waals surface area contributed by atoms with Crippen LogP contribution < -0.4 is 0 Å². The van der Waals surface area contributed by atoms with Crippen molar-refractivity contribution in [1.29, 1.82) is 0 Å². The van der Waals surface area contributed by atoms with Gasteiger partial charge in [0.05, 0.1) is 25.4 Å². The maximum Gasteiger partial charge on any atom is 0.0830 e. The minimum Gasteiger partial charge on any atom is -0.379 e. The molecule has 0 spiro atoms. The van der Waals surface area contributed by atoms with Crippen molar-refractivity contribution in [3.63, 3.8) is 0 Å². The molecule has 2 saturated heterocycles. The second-order valence-electron chi connectivity index (χ2n) is 4.77. The first-order chi connectivity index (χ1) is 8.45. The molecule has 0 saturated carbocycles. The highest BCUT2D eigenvalue weighted by atomic mass is 16.6. The van der Waals surface area contributed by atoms with Gasteiger partial charge >= 0.3 is 0 Å². The minimum atomic E-state index is 0.376. The second kappa shape index (κ2) is 8.03. The monoisotopic (exact) mass is 244 g/mol. The molecule has 0 N–H and O–H groups in total. The van der Waals surface area contributed by atoms with Crippen LogP contribution in [0.4, 0.5) is 0 Å². The van der Waals surface area contributed by atoms with Gasteiger partial charge in [0.1, 0.15) is 0 Å². The van der Waals surface area contributed by atoms with Gasteiger partial charge in [-0.1, -0.05) is 0 Å². The molecule has 2 unspecified atom stereocenters. The Bertz CT molecular complexity index is 170. The highest BCUT2D eigenvalue weighted by Crippen LogP contribution is 2.12. The van der Waals surface area contributed by atoms with Gasteiger partial charge in [-0.2, -0.15) is 0 Å². The Morgan fingerprint density at radius 1 is 0.765 bits per heavy atom. The summed E-state index contributed by atoms with van der Waals surface area (Å²) in [7, 11) is 0. The largest absolute Gasteiger partial charge is 0.379 e. The van der Waals surface area contributed by atoms with E-state index >= 15 is 0 Å². The Balaban J connectivity index is 1.25. The predicted octanol–water partition coefficient (Wildman–Crippen LogP) is 1.77. The average Bonchev–Trinajstić information content (AvgIpc) is 2.21. The lowest BCUT2D eigenvalue weighted by Gasteiger charge is -2.26. The summed E-state index contributed by atoms with van der Waals surface area (Å²) in [6.45, 7) is 5.08. The molecule has 0 amide bonds. The van der Waals surface area contributed by atoms with E-state index in [1.165, 1.54) is 6.42 Å². The molecule has 2 heterocycles. The molecule has 0 aromatic rings. The van der Waals surface area contributed by atoms with Gasteiger partial charge in [-0.05, 0) is 32.1 Å². The SMILES string of the molecule is C(CCOCC1CCO1)CCOCC1CCO1. The van der Waals surface area contributed by atoms with E-state index in [2.05, 4.69) is 0 Å². The van der Waals surface area contributed by atoms with Crippen molar-refractivity contribution in [1.82, 2.24) is 0 Å². The van der Waals surface area contributed by atoms with Crippen LogP contribution in [0.15, 0.2) is 0 Å². The summed E-state index contributed by atoms with van der Waals surface area (Å²) in [5, 5.41) is 0. The van der Waals surface area contributed by atoms with E-state index in [0.29, 0.717) is 12.2 Å². The molecule has 17 heavy (non-hydrogen) atoms. The molecular weight excluding hydrogens is 220 g/mol. The van der Waals surface area contributed by atoms with Gasteiger partial charge < -0.3 is 18.9 Å². The average molecular weight is 244 g/mol. The van der Waals surface area contributed by atoms with E-state index in [0.717, 1.165) is 65.3 Å². The van der Waals surface area contributed by atoms with Crippen molar-refractivity contribution in [2.24, 2.45) is 0 Å². The molecule has 2 aliphatic rings. The molecule has 2 rings (SSSR count). The van der Waals surface area contributed by atoms with Crippen molar-refractivity contribution >= 4 is 0 Å². The minimum absolute atomic E-state index is 0.376. The fraction of sp³-hybridized carbons (Fsp3) is 1.00. The van der Waals surface area contributed by atoms with E-state index in [1.807, 2.05) is 0 Å². The third-order valence-corrected chi connectivity index (χ3v) is 3.27. The molecule has 100 valence electrons. The van der Waals surface area contributed by atoms with Gasteiger partial charge in [-0.15, -0.1) is 0 Å². The van der Waals surface area contributed by atoms with Crippen molar-refractivity contribution in [2.45, 2.75) is 44.3 Å². The lowest BCUT2D eigenvalue weighted by molar-refractivity contribution is -0.0958. The summed E-state index contributed by atoms with van der Waals surface area (Å²) in [6, 6.07) is 0. The Labute approximate surface area is 104 Å². The maximum atomic E-state index is 5.52. The van der Waals surface area contributed by atoms with Crippen LogP contribution in [-0.4, -0.2) is 51.8 Å². The first-order valence-electron chi connectivity index (χ1n) is 6.84. The van der Waals surface area contributed by atoms with Gasteiger partial charge in [-0.3, -0.25) is 0 Å². The maximum absolute atomic E-state index is 5.52. The normalized spacial score (nSPS) is 27.5. The zero-order valence-corrected chi connectivity index (χ0v) is 10.6. The van der Waals surface area contributed by atoms with Crippen LogP contribution in [0, 0.1) is 0 Å². The highest BCUT2D eigenvalue weighted by Gasteiger charge is 2.18. The number of ether oxygens (including phenoxy) is 4. The molecule has 2 atom stereocenters. The van der Waals surface area contributed by atoms with Gasteiger partial charge in [-0.25, -0.2) is 0 Å². The standard InChI is InChI=1S/C13H24O4/c1(2-6-14-10-12-4-8-16-12)3-7-15-11-13-5-9-17-13/h12-13H,1-11H2. The van der Waals surface area contributed by atoms with Crippen molar-refractivity contribution < 1.29 is 18.9 Å². The Kier molecular flexibility index (Phi) is 6.27. The summed E-state index contributed by atoms with van der Waals surface area (Å²) in [5.74, 6) is 0. The van der Waals surface area contributed by atoms with Crippen LogP contribution in [0.5, 0.6) is 0 Å². The molecule has 0 aromatic carbocycles. The Morgan fingerprint density at radius 2 is 1.24 bits per heavy atom. The number of rotatable bonds is 10. The predicted molar refractivity (Wildman–Crippen MR) is 64.2 cm³/mol. The summed E-state index contributed by atoms with van der Waals surface area (Å²) < 4.78 is 21.6. The van der Waals surface area contributed by atoms with Crippen LogP contribution in [0.3, 0.4) is 0 Å². The number of hydrogen-bond donors (Lipinski definition) is 0. The topological polar surface area (TPSA) is 36.9 Å². The van der Waals surface area contributed by atoms with Crippen LogP contribution >= 0.6 is 0 Å². The molecule has 0 aliphatic carbocycles. The van der Waals surface area contributed by atoms with Crippen LogP contribution in [-0.2, 0) is 18.9 Å². The Morgan fingerprint density at radius 3 is 1.59 bits per heavy atom. The van der Waals surface area contributed by atoms with E-state index in [4.69, 9.17) is 18.9 Å². The zero-order chi connectivity index (χ0) is 11.8. The molecule has 2 aliphatic heterocycles. The van der Waals surface area contributed by atoms with Gasteiger partial charge in [0.15, 0.2) is 0 Å². The summed E-state index contributed by atoms with van der Waals surface area (Å²) in [4.78, 5) is 0. The molecule has 4 heteroatoms. The fourth-order valence-corrected chi connectivity index (χ4v) is 1.85.